The number of nitrogen functional groups attached to an aromatic ring is 1. The van der Waals surface area contributed by atoms with E-state index in [1.54, 1.807) is 22.9 Å². The zero-order chi connectivity index (χ0) is 13.8. The van der Waals surface area contributed by atoms with Crippen LogP contribution in [0.2, 0.25) is 0 Å². The lowest BCUT2D eigenvalue weighted by Gasteiger charge is -2.10. The van der Waals surface area contributed by atoms with Crippen molar-refractivity contribution >= 4 is 17.3 Å². The van der Waals surface area contributed by atoms with E-state index in [9.17, 15) is 4.79 Å². The smallest absolute Gasteiger partial charge is 0.250 e. The van der Waals surface area contributed by atoms with Gasteiger partial charge in [0.15, 0.2) is 0 Å². The lowest BCUT2D eigenvalue weighted by atomic mass is 10.1. The van der Waals surface area contributed by atoms with Gasteiger partial charge in [0, 0.05) is 37.6 Å². The number of aryl methyl sites for hydroxylation is 1. The largest absolute Gasteiger partial charge is 0.399 e. The zero-order valence-corrected chi connectivity index (χ0v) is 10.8. The van der Waals surface area contributed by atoms with Crippen molar-refractivity contribution in [2.24, 2.45) is 12.8 Å². The molecule has 0 bridgehead atoms. The Balaban J connectivity index is 2.01. The summed E-state index contributed by atoms with van der Waals surface area (Å²) in [7, 11) is 1.88. The van der Waals surface area contributed by atoms with Crippen molar-refractivity contribution in [3.63, 3.8) is 0 Å². The van der Waals surface area contributed by atoms with Crippen LogP contribution in [0.25, 0.3) is 0 Å². The average Bonchev–Trinajstić information content (AvgIpc) is 2.77. The van der Waals surface area contributed by atoms with E-state index < -0.39 is 5.91 Å². The second-order valence-corrected chi connectivity index (χ2v) is 4.33. The van der Waals surface area contributed by atoms with Crippen molar-refractivity contribution in [3.8, 4) is 0 Å². The highest BCUT2D eigenvalue weighted by Crippen LogP contribution is 2.18. The lowest BCUT2D eigenvalue weighted by Crippen LogP contribution is -2.16. The number of hydrogen-bond acceptors (Lipinski definition) is 4. The first-order valence-electron chi connectivity index (χ1n) is 5.98. The number of nitrogens with one attached hydrogen (secondary N) is 1. The van der Waals surface area contributed by atoms with Crippen molar-refractivity contribution < 1.29 is 4.79 Å². The summed E-state index contributed by atoms with van der Waals surface area (Å²) in [5, 5.41) is 7.45. The molecule has 2 rings (SSSR count). The Bertz CT molecular complexity index is 590. The number of benzene rings is 1. The Morgan fingerprint density at radius 1 is 1.42 bits per heavy atom. The van der Waals surface area contributed by atoms with Crippen LogP contribution in [0, 0.1) is 0 Å². The summed E-state index contributed by atoms with van der Waals surface area (Å²) in [6.07, 6.45) is 2.66. The molecular weight excluding hydrogens is 242 g/mol. The van der Waals surface area contributed by atoms with E-state index in [1.807, 2.05) is 19.3 Å². The summed E-state index contributed by atoms with van der Waals surface area (Å²) in [5.41, 5.74) is 13.6. The fraction of sp³-hybridized carbons (Fsp3) is 0.231. The molecule has 0 saturated heterocycles. The molecule has 0 radical (unpaired) electrons. The second kappa shape index (κ2) is 5.43. The molecule has 1 heterocycles. The first-order chi connectivity index (χ1) is 9.06. The normalized spacial score (nSPS) is 10.4. The van der Waals surface area contributed by atoms with Crippen LogP contribution in [-0.4, -0.2) is 22.2 Å². The minimum atomic E-state index is -0.493. The molecule has 1 aromatic heterocycles. The van der Waals surface area contributed by atoms with Crippen molar-refractivity contribution in [2.45, 2.75) is 6.42 Å². The highest BCUT2D eigenvalue weighted by molar-refractivity contribution is 5.99. The molecule has 100 valence electrons. The van der Waals surface area contributed by atoms with Crippen LogP contribution in [0.4, 0.5) is 11.4 Å². The summed E-state index contributed by atoms with van der Waals surface area (Å²) in [4.78, 5) is 11.3. The van der Waals surface area contributed by atoms with Gasteiger partial charge in [0.25, 0.3) is 5.91 Å². The number of primary amides is 1. The monoisotopic (exact) mass is 259 g/mol. The Hall–Kier alpha value is -2.50. The van der Waals surface area contributed by atoms with Crippen LogP contribution >= 0.6 is 0 Å². The fourth-order valence-corrected chi connectivity index (χ4v) is 1.84. The molecular formula is C13H17N5O. The van der Waals surface area contributed by atoms with Crippen molar-refractivity contribution in [1.29, 1.82) is 0 Å². The van der Waals surface area contributed by atoms with E-state index in [1.165, 1.54) is 0 Å². The quantitative estimate of drug-likeness (QED) is 0.690. The summed E-state index contributed by atoms with van der Waals surface area (Å²) < 4.78 is 1.76. The van der Waals surface area contributed by atoms with Crippen LogP contribution in [0.5, 0.6) is 0 Å². The Kier molecular flexibility index (Phi) is 3.70. The second-order valence-electron chi connectivity index (χ2n) is 4.33. The number of rotatable bonds is 5. The molecule has 6 heteroatoms. The first kappa shape index (κ1) is 12.9. The third-order valence-corrected chi connectivity index (χ3v) is 2.77. The topological polar surface area (TPSA) is 99.0 Å². The van der Waals surface area contributed by atoms with Gasteiger partial charge in [-0.15, -0.1) is 0 Å². The molecule has 19 heavy (non-hydrogen) atoms. The van der Waals surface area contributed by atoms with Crippen molar-refractivity contribution in [2.75, 3.05) is 17.6 Å². The van der Waals surface area contributed by atoms with Gasteiger partial charge in [-0.05, 0) is 24.3 Å². The minimum absolute atomic E-state index is 0.404. The molecule has 0 fully saturated rings. The number of hydrogen-bond donors (Lipinski definition) is 3. The van der Waals surface area contributed by atoms with Gasteiger partial charge in [0.2, 0.25) is 0 Å². The lowest BCUT2D eigenvalue weighted by molar-refractivity contribution is 0.100. The molecule has 0 aliphatic heterocycles. The number of nitrogens with two attached hydrogens (primary N) is 2. The predicted molar refractivity (Wildman–Crippen MR) is 74.8 cm³/mol. The Morgan fingerprint density at radius 3 is 2.84 bits per heavy atom. The van der Waals surface area contributed by atoms with E-state index in [0.29, 0.717) is 23.5 Å². The summed E-state index contributed by atoms with van der Waals surface area (Å²) in [6.45, 7) is 0.668. The van der Waals surface area contributed by atoms with Gasteiger partial charge in [0.1, 0.15) is 0 Å². The molecule has 0 aliphatic carbocycles. The molecule has 1 aromatic carbocycles. The summed E-state index contributed by atoms with van der Waals surface area (Å²) in [6, 6.07) is 7.02. The minimum Gasteiger partial charge on any atom is -0.399 e. The van der Waals surface area contributed by atoms with E-state index in [0.717, 1.165) is 12.1 Å². The maximum Gasteiger partial charge on any atom is 0.250 e. The van der Waals surface area contributed by atoms with Crippen molar-refractivity contribution in [3.05, 3.63) is 41.7 Å². The molecule has 0 aliphatic rings. The van der Waals surface area contributed by atoms with Gasteiger partial charge < -0.3 is 16.8 Å². The van der Waals surface area contributed by atoms with E-state index in [4.69, 9.17) is 11.5 Å². The van der Waals surface area contributed by atoms with Gasteiger partial charge in [-0.25, -0.2) is 0 Å². The molecule has 2 aromatic rings. The fourth-order valence-electron chi connectivity index (χ4n) is 1.84. The number of anilines is 2. The van der Waals surface area contributed by atoms with Crippen LogP contribution in [0.1, 0.15) is 16.1 Å². The molecule has 1 amide bonds. The summed E-state index contributed by atoms with van der Waals surface area (Å²) in [5.74, 6) is -0.493. The highest BCUT2D eigenvalue weighted by atomic mass is 16.1. The van der Waals surface area contributed by atoms with Crippen LogP contribution < -0.4 is 16.8 Å². The number of amides is 1. The highest BCUT2D eigenvalue weighted by Gasteiger charge is 2.08. The van der Waals surface area contributed by atoms with E-state index in [-0.39, 0.29) is 0 Å². The third kappa shape index (κ3) is 3.25. The van der Waals surface area contributed by atoms with Crippen LogP contribution in [0.15, 0.2) is 30.5 Å². The summed E-state index contributed by atoms with van der Waals surface area (Å²) >= 11 is 0. The standard InChI is InChI=1S/C13H17N5O/c1-18-7-5-10(17-18)4-6-16-12-3-2-9(14)8-11(12)13(15)19/h2-3,5,7-8,16H,4,6,14H2,1H3,(H2,15,19). The number of carbonyl (C=O) groups excluding carboxylic acids is 1. The van der Waals surface area contributed by atoms with E-state index >= 15 is 0 Å². The van der Waals surface area contributed by atoms with Gasteiger partial charge in [-0.2, -0.15) is 5.10 Å². The van der Waals surface area contributed by atoms with Crippen molar-refractivity contribution in [1.82, 2.24) is 9.78 Å². The Labute approximate surface area is 111 Å². The number of nitrogens with zero attached hydrogens (tertiary/aromatic N) is 2. The maximum atomic E-state index is 11.3. The molecule has 5 N–H and O–H groups in total. The first-order valence-corrected chi connectivity index (χ1v) is 5.98. The average molecular weight is 259 g/mol. The van der Waals surface area contributed by atoms with Gasteiger partial charge in [-0.1, -0.05) is 0 Å². The molecule has 0 unspecified atom stereocenters. The zero-order valence-electron chi connectivity index (χ0n) is 10.8. The predicted octanol–water partition coefficient (Wildman–Crippen LogP) is 0.756. The molecule has 0 spiro atoms. The van der Waals surface area contributed by atoms with E-state index in [2.05, 4.69) is 10.4 Å². The number of aromatic nitrogens is 2. The Morgan fingerprint density at radius 2 is 2.21 bits per heavy atom. The number of carbonyl (C=O) groups is 1. The maximum absolute atomic E-state index is 11.3. The van der Waals surface area contributed by atoms with Crippen LogP contribution in [0.3, 0.4) is 0 Å². The molecule has 0 saturated carbocycles. The van der Waals surface area contributed by atoms with Gasteiger partial charge in [0.05, 0.1) is 11.3 Å². The van der Waals surface area contributed by atoms with Crippen LogP contribution in [-0.2, 0) is 13.5 Å². The molecule has 6 nitrogen and oxygen atoms in total. The SMILES string of the molecule is Cn1ccc(CCNc2ccc(N)cc2C(N)=O)n1. The van der Waals surface area contributed by atoms with Gasteiger partial charge >= 0.3 is 0 Å². The molecule has 0 atom stereocenters. The third-order valence-electron chi connectivity index (χ3n) is 2.77. The van der Waals surface area contributed by atoms with Gasteiger partial charge in [-0.3, -0.25) is 9.48 Å².